The van der Waals surface area contributed by atoms with Gasteiger partial charge in [0.25, 0.3) is 0 Å². The highest BCUT2D eigenvalue weighted by atomic mass is 32.1. The summed E-state index contributed by atoms with van der Waals surface area (Å²) in [5, 5.41) is 2.03. The average molecular weight is 263 g/mol. The van der Waals surface area contributed by atoms with E-state index in [9.17, 15) is 0 Å². The number of aromatic nitrogens is 3. The molecule has 0 aliphatic carbocycles. The van der Waals surface area contributed by atoms with E-state index in [1.165, 1.54) is 0 Å². The Hall–Kier alpha value is -1.69. The molecule has 2 aromatic rings. The number of rotatable bonds is 4. The van der Waals surface area contributed by atoms with Crippen molar-refractivity contribution in [2.24, 2.45) is 0 Å². The van der Waals surface area contributed by atoms with Crippen molar-refractivity contribution in [2.45, 2.75) is 20.8 Å². The van der Waals surface area contributed by atoms with Crippen LogP contribution in [0, 0.1) is 6.92 Å². The predicted molar refractivity (Wildman–Crippen MR) is 75.9 cm³/mol. The van der Waals surface area contributed by atoms with Gasteiger partial charge in [-0.15, -0.1) is 11.3 Å². The van der Waals surface area contributed by atoms with Crippen LogP contribution in [-0.2, 0) is 0 Å². The molecule has 2 N–H and O–H groups in total. The number of nitrogens with two attached hydrogens (primary N) is 1. The number of nitrogens with zero attached hydrogens (tertiary/aromatic N) is 4. The van der Waals surface area contributed by atoms with E-state index >= 15 is 0 Å². The predicted octanol–water partition coefficient (Wildman–Crippen LogP) is 2.34. The lowest BCUT2D eigenvalue weighted by molar-refractivity contribution is 0.816. The van der Waals surface area contributed by atoms with Crippen molar-refractivity contribution in [1.29, 1.82) is 0 Å². The van der Waals surface area contributed by atoms with E-state index in [-0.39, 0.29) is 5.95 Å². The maximum absolute atomic E-state index is 5.78. The van der Waals surface area contributed by atoms with Crippen LogP contribution in [0.4, 0.5) is 11.9 Å². The molecule has 2 aromatic heterocycles. The van der Waals surface area contributed by atoms with Crippen molar-refractivity contribution in [1.82, 2.24) is 15.0 Å². The minimum absolute atomic E-state index is 0.273. The van der Waals surface area contributed by atoms with Crippen molar-refractivity contribution in [3.8, 4) is 10.7 Å². The van der Waals surface area contributed by atoms with Crippen LogP contribution >= 0.6 is 11.3 Å². The van der Waals surface area contributed by atoms with E-state index in [1.54, 1.807) is 11.3 Å². The minimum atomic E-state index is 0.273. The molecular weight excluding hydrogens is 246 g/mol. The van der Waals surface area contributed by atoms with Crippen LogP contribution in [0.15, 0.2) is 11.4 Å². The molecule has 96 valence electrons. The largest absolute Gasteiger partial charge is 0.368 e. The van der Waals surface area contributed by atoms with Gasteiger partial charge in [0.05, 0.1) is 4.88 Å². The van der Waals surface area contributed by atoms with Gasteiger partial charge < -0.3 is 10.6 Å². The van der Waals surface area contributed by atoms with Gasteiger partial charge in [0.1, 0.15) is 0 Å². The molecule has 0 amide bonds. The Bertz CT molecular complexity index is 533. The number of hydrogen-bond acceptors (Lipinski definition) is 6. The number of thiophene rings is 1. The number of anilines is 2. The van der Waals surface area contributed by atoms with Gasteiger partial charge in [-0.2, -0.15) is 15.0 Å². The first-order valence-electron chi connectivity index (χ1n) is 5.96. The molecule has 2 heterocycles. The Morgan fingerprint density at radius 2 is 1.94 bits per heavy atom. The molecule has 18 heavy (non-hydrogen) atoms. The molecule has 2 rings (SSSR count). The Labute approximate surface area is 111 Å². The maximum Gasteiger partial charge on any atom is 0.230 e. The molecule has 6 heteroatoms. The zero-order valence-corrected chi connectivity index (χ0v) is 11.7. The Kier molecular flexibility index (Phi) is 3.76. The molecule has 0 unspecified atom stereocenters. The van der Waals surface area contributed by atoms with Crippen molar-refractivity contribution < 1.29 is 0 Å². The lowest BCUT2D eigenvalue weighted by atomic mass is 10.3. The normalized spacial score (nSPS) is 10.6. The van der Waals surface area contributed by atoms with Gasteiger partial charge in [-0.25, -0.2) is 0 Å². The number of nitrogen functional groups attached to an aromatic ring is 1. The molecule has 0 aromatic carbocycles. The monoisotopic (exact) mass is 263 g/mol. The van der Waals surface area contributed by atoms with E-state index in [0.717, 1.165) is 23.5 Å². The molecular formula is C12H17N5S. The molecule has 5 nitrogen and oxygen atoms in total. The maximum atomic E-state index is 5.78. The third kappa shape index (κ3) is 2.43. The first-order valence-corrected chi connectivity index (χ1v) is 6.84. The first kappa shape index (κ1) is 12.8. The second kappa shape index (κ2) is 5.30. The van der Waals surface area contributed by atoms with Gasteiger partial charge in [-0.1, -0.05) is 0 Å². The lowest BCUT2D eigenvalue weighted by Gasteiger charge is -2.18. The highest BCUT2D eigenvalue weighted by Crippen LogP contribution is 2.27. The highest BCUT2D eigenvalue weighted by molar-refractivity contribution is 7.13. The van der Waals surface area contributed by atoms with Crippen LogP contribution in [-0.4, -0.2) is 28.0 Å². The van der Waals surface area contributed by atoms with Crippen molar-refractivity contribution in [3.05, 3.63) is 17.0 Å². The Morgan fingerprint density at radius 1 is 1.22 bits per heavy atom. The van der Waals surface area contributed by atoms with E-state index in [2.05, 4.69) is 39.8 Å². The van der Waals surface area contributed by atoms with Crippen LogP contribution in [0.2, 0.25) is 0 Å². The van der Waals surface area contributed by atoms with E-state index in [4.69, 9.17) is 5.73 Å². The topological polar surface area (TPSA) is 67.9 Å². The van der Waals surface area contributed by atoms with Crippen molar-refractivity contribution >= 4 is 23.2 Å². The minimum Gasteiger partial charge on any atom is -0.368 e. The van der Waals surface area contributed by atoms with Gasteiger partial charge in [0.15, 0.2) is 5.82 Å². The molecule has 0 aliphatic heterocycles. The third-order valence-electron chi connectivity index (χ3n) is 2.75. The quantitative estimate of drug-likeness (QED) is 0.917. The summed E-state index contributed by atoms with van der Waals surface area (Å²) in [6.07, 6.45) is 0. The molecule has 0 aliphatic rings. The number of aryl methyl sites for hydroxylation is 1. The third-order valence-corrected chi connectivity index (χ3v) is 3.76. The van der Waals surface area contributed by atoms with Crippen molar-refractivity contribution in [3.63, 3.8) is 0 Å². The highest BCUT2D eigenvalue weighted by Gasteiger charge is 2.13. The van der Waals surface area contributed by atoms with Gasteiger partial charge in [-0.3, -0.25) is 0 Å². The molecule has 0 fully saturated rings. The summed E-state index contributed by atoms with van der Waals surface area (Å²) >= 11 is 1.62. The summed E-state index contributed by atoms with van der Waals surface area (Å²) in [6, 6.07) is 2.05. The van der Waals surface area contributed by atoms with E-state index in [1.807, 2.05) is 12.3 Å². The Morgan fingerprint density at radius 3 is 2.50 bits per heavy atom. The van der Waals surface area contributed by atoms with Crippen molar-refractivity contribution in [2.75, 3.05) is 23.7 Å². The summed E-state index contributed by atoms with van der Waals surface area (Å²) < 4.78 is 0. The Balaban J connectivity index is 2.47. The molecule has 0 saturated heterocycles. The standard InChI is InChI=1S/C12H17N5S/c1-4-17(5-2)12-15-10(14-11(13)16-12)9-8(3)6-7-18-9/h6-7H,4-5H2,1-3H3,(H2,13,14,15,16). The lowest BCUT2D eigenvalue weighted by Crippen LogP contribution is -2.25. The molecule has 0 saturated carbocycles. The molecule has 0 bridgehead atoms. The summed E-state index contributed by atoms with van der Waals surface area (Å²) in [5.41, 5.74) is 6.94. The summed E-state index contributed by atoms with van der Waals surface area (Å²) in [7, 11) is 0. The van der Waals surface area contributed by atoms with E-state index < -0.39 is 0 Å². The summed E-state index contributed by atoms with van der Waals surface area (Å²) in [5.74, 6) is 1.59. The van der Waals surface area contributed by atoms with Gasteiger partial charge in [0, 0.05) is 13.1 Å². The van der Waals surface area contributed by atoms with Gasteiger partial charge in [0.2, 0.25) is 11.9 Å². The van der Waals surface area contributed by atoms with Crippen LogP contribution in [0.3, 0.4) is 0 Å². The summed E-state index contributed by atoms with van der Waals surface area (Å²) in [6.45, 7) is 7.88. The SMILES string of the molecule is CCN(CC)c1nc(N)nc(-c2sccc2C)n1. The summed E-state index contributed by atoms with van der Waals surface area (Å²) in [4.78, 5) is 16.1. The van der Waals surface area contributed by atoms with Crippen LogP contribution in [0.1, 0.15) is 19.4 Å². The zero-order chi connectivity index (χ0) is 13.1. The van der Waals surface area contributed by atoms with E-state index in [0.29, 0.717) is 11.8 Å². The average Bonchev–Trinajstić information content (AvgIpc) is 2.76. The van der Waals surface area contributed by atoms with Crippen LogP contribution in [0.5, 0.6) is 0 Å². The van der Waals surface area contributed by atoms with Crippen LogP contribution < -0.4 is 10.6 Å². The fourth-order valence-corrected chi connectivity index (χ4v) is 2.59. The first-order chi connectivity index (χ1) is 8.65. The fourth-order valence-electron chi connectivity index (χ4n) is 1.73. The second-order valence-electron chi connectivity index (χ2n) is 3.92. The second-order valence-corrected chi connectivity index (χ2v) is 4.84. The van der Waals surface area contributed by atoms with Crippen LogP contribution in [0.25, 0.3) is 10.7 Å². The van der Waals surface area contributed by atoms with Gasteiger partial charge >= 0.3 is 0 Å². The molecule has 0 spiro atoms. The smallest absolute Gasteiger partial charge is 0.230 e. The molecule has 0 radical (unpaired) electrons. The number of hydrogen-bond donors (Lipinski definition) is 1. The fraction of sp³-hybridized carbons (Fsp3) is 0.417. The molecule has 0 atom stereocenters. The van der Waals surface area contributed by atoms with Gasteiger partial charge in [-0.05, 0) is 37.8 Å². The zero-order valence-electron chi connectivity index (χ0n) is 10.8.